The summed E-state index contributed by atoms with van der Waals surface area (Å²) in [5.74, 6) is 0.235. The van der Waals surface area contributed by atoms with E-state index in [4.69, 9.17) is 0 Å². The van der Waals surface area contributed by atoms with Crippen LogP contribution in [0, 0.1) is 5.41 Å². The summed E-state index contributed by atoms with van der Waals surface area (Å²) in [5, 5.41) is 0. The minimum absolute atomic E-state index is 0.235. The molecule has 0 amide bonds. The minimum atomic E-state index is 0.235. The van der Waals surface area contributed by atoms with Crippen molar-refractivity contribution in [3.8, 4) is 0 Å². The first-order chi connectivity index (χ1) is 6.98. The largest absolute Gasteiger partial charge is 0.300 e. The van der Waals surface area contributed by atoms with Gasteiger partial charge in [0.1, 0.15) is 5.78 Å². The number of hydrogen-bond donors (Lipinski definition) is 0. The molecule has 0 aliphatic heterocycles. The number of unbranched alkanes of at least 4 members (excludes halogenated alkanes) is 2. The summed E-state index contributed by atoms with van der Waals surface area (Å²) in [7, 11) is 0. The molecule has 86 valence electrons. The lowest BCUT2D eigenvalue weighted by atomic mass is 9.87. The minimum Gasteiger partial charge on any atom is -0.300 e. The average molecular weight is 208 g/mol. The van der Waals surface area contributed by atoms with Gasteiger partial charge in [0.15, 0.2) is 0 Å². The topological polar surface area (TPSA) is 17.1 Å². The first-order valence-electron chi connectivity index (χ1n) is 5.76. The molecule has 1 heteroatoms. The third kappa shape index (κ3) is 9.45. The number of ketones is 1. The van der Waals surface area contributed by atoms with Crippen LogP contribution in [0.15, 0.2) is 24.8 Å². The molecule has 0 aromatic carbocycles. The van der Waals surface area contributed by atoms with Crippen molar-refractivity contribution in [3.63, 3.8) is 0 Å². The van der Waals surface area contributed by atoms with Gasteiger partial charge in [0.2, 0.25) is 0 Å². The molecule has 0 spiro atoms. The van der Waals surface area contributed by atoms with Crippen LogP contribution in [-0.2, 0) is 4.79 Å². The molecule has 0 aromatic heterocycles. The van der Waals surface area contributed by atoms with E-state index in [1.54, 1.807) is 6.92 Å². The molecule has 0 aliphatic carbocycles. The van der Waals surface area contributed by atoms with E-state index < -0.39 is 0 Å². The monoisotopic (exact) mass is 208 g/mol. The molecule has 0 aromatic rings. The van der Waals surface area contributed by atoms with E-state index in [0.717, 1.165) is 6.42 Å². The van der Waals surface area contributed by atoms with Crippen molar-refractivity contribution < 1.29 is 4.79 Å². The van der Waals surface area contributed by atoms with E-state index in [0.29, 0.717) is 6.42 Å². The zero-order valence-corrected chi connectivity index (χ0v) is 10.4. The predicted octanol–water partition coefficient (Wildman–Crippen LogP) is 4.29. The fourth-order valence-corrected chi connectivity index (χ4v) is 1.31. The molecule has 0 saturated carbocycles. The van der Waals surface area contributed by atoms with E-state index in [1.165, 1.54) is 19.3 Å². The quantitative estimate of drug-likeness (QED) is 0.429. The molecular formula is C14H24O. The summed E-state index contributed by atoms with van der Waals surface area (Å²) >= 11 is 0. The number of rotatable bonds is 8. The Kier molecular flexibility index (Phi) is 7.02. The summed E-state index contributed by atoms with van der Waals surface area (Å²) in [6.07, 6.45) is 11.4. The van der Waals surface area contributed by atoms with Crippen molar-refractivity contribution in [1.29, 1.82) is 0 Å². The SMILES string of the molecule is C=CC(C)(C)CCCCC=CCC(C)=O. The van der Waals surface area contributed by atoms with Crippen molar-refractivity contribution >= 4 is 5.78 Å². The second-order valence-corrected chi connectivity index (χ2v) is 4.82. The average Bonchev–Trinajstić information content (AvgIpc) is 2.16. The third-order valence-electron chi connectivity index (χ3n) is 2.57. The molecule has 15 heavy (non-hydrogen) atoms. The molecule has 0 radical (unpaired) electrons. The molecule has 0 unspecified atom stereocenters. The number of hydrogen-bond acceptors (Lipinski definition) is 1. The first kappa shape index (κ1) is 14.2. The predicted molar refractivity (Wildman–Crippen MR) is 66.9 cm³/mol. The summed E-state index contributed by atoms with van der Waals surface area (Å²) < 4.78 is 0. The number of carbonyl (C=O) groups is 1. The standard InChI is InChI=1S/C14H24O/c1-5-14(3,4)12-10-8-6-7-9-11-13(2)15/h5,7,9H,1,6,8,10-12H2,2-4H3. The van der Waals surface area contributed by atoms with Crippen LogP contribution >= 0.6 is 0 Å². The van der Waals surface area contributed by atoms with Crippen LogP contribution in [-0.4, -0.2) is 5.78 Å². The van der Waals surface area contributed by atoms with Crippen LogP contribution in [0.5, 0.6) is 0 Å². The van der Waals surface area contributed by atoms with Crippen LogP contribution in [0.25, 0.3) is 0 Å². The highest BCUT2D eigenvalue weighted by atomic mass is 16.1. The zero-order valence-electron chi connectivity index (χ0n) is 10.4. The highest BCUT2D eigenvalue weighted by molar-refractivity contribution is 5.76. The fourth-order valence-electron chi connectivity index (χ4n) is 1.31. The van der Waals surface area contributed by atoms with Gasteiger partial charge in [0.25, 0.3) is 0 Å². The Morgan fingerprint density at radius 2 is 1.93 bits per heavy atom. The van der Waals surface area contributed by atoms with Crippen molar-refractivity contribution in [3.05, 3.63) is 24.8 Å². The molecule has 0 heterocycles. The van der Waals surface area contributed by atoms with Crippen LogP contribution in [0.4, 0.5) is 0 Å². The van der Waals surface area contributed by atoms with E-state index in [2.05, 4.69) is 26.5 Å². The van der Waals surface area contributed by atoms with E-state index in [-0.39, 0.29) is 11.2 Å². The van der Waals surface area contributed by atoms with Gasteiger partial charge >= 0.3 is 0 Å². The first-order valence-corrected chi connectivity index (χ1v) is 5.76. The lowest BCUT2D eigenvalue weighted by molar-refractivity contribution is -0.116. The maximum atomic E-state index is 10.6. The fraction of sp³-hybridized carbons (Fsp3) is 0.643. The van der Waals surface area contributed by atoms with Crippen molar-refractivity contribution in [2.24, 2.45) is 5.41 Å². The van der Waals surface area contributed by atoms with Gasteiger partial charge in [0.05, 0.1) is 0 Å². The van der Waals surface area contributed by atoms with Gasteiger partial charge in [-0.1, -0.05) is 38.5 Å². The lowest BCUT2D eigenvalue weighted by Crippen LogP contribution is -2.05. The van der Waals surface area contributed by atoms with Crippen LogP contribution in [0.2, 0.25) is 0 Å². The molecule has 0 atom stereocenters. The molecule has 0 bridgehead atoms. The highest BCUT2D eigenvalue weighted by Crippen LogP contribution is 2.24. The second kappa shape index (κ2) is 7.44. The van der Waals surface area contributed by atoms with E-state index >= 15 is 0 Å². The van der Waals surface area contributed by atoms with E-state index in [1.807, 2.05) is 12.2 Å². The summed E-state index contributed by atoms with van der Waals surface area (Å²) in [5.41, 5.74) is 0.267. The Morgan fingerprint density at radius 1 is 1.27 bits per heavy atom. The molecular weight excluding hydrogens is 184 g/mol. The summed E-state index contributed by atoms with van der Waals surface area (Å²) in [6, 6.07) is 0. The highest BCUT2D eigenvalue weighted by Gasteiger charge is 2.10. The Balaban J connectivity index is 3.43. The van der Waals surface area contributed by atoms with Crippen LogP contribution in [0.3, 0.4) is 0 Å². The van der Waals surface area contributed by atoms with Gasteiger partial charge in [-0.3, -0.25) is 4.79 Å². The Morgan fingerprint density at radius 3 is 2.47 bits per heavy atom. The Hall–Kier alpha value is -0.850. The van der Waals surface area contributed by atoms with Crippen molar-refractivity contribution in [2.45, 2.75) is 52.9 Å². The van der Waals surface area contributed by atoms with Crippen LogP contribution < -0.4 is 0 Å². The number of allylic oxidation sites excluding steroid dienone is 3. The number of Topliss-reactive ketones (excluding diaryl/α,β-unsaturated/α-hetero) is 1. The van der Waals surface area contributed by atoms with Gasteiger partial charge in [-0.25, -0.2) is 0 Å². The van der Waals surface area contributed by atoms with Gasteiger partial charge in [-0.05, 0) is 31.6 Å². The Bertz CT molecular complexity index is 223. The van der Waals surface area contributed by atoms with Gasteiger partial charge in [-0.2, -0.15) is 0 Å². The molecule has 0 saturated heterocycles. The maximum absolute atomic E-state index is 10.6. The summed E-state index contributed by atoms with van der Waals surface area (Å²) in [4.78, 5) is 10.6. The van der Waals surface area contributed by atoms with Gasteiger partial charge < -0.3 is 0 Å². The third-order valence-corrected chi connectivity index (χ3v) is 2.57. The second-order valence-electron chi connectivity index (χ2n) is 4.82. The van der Waals surface area contributed by atoms with Crippen molar-refractivity contribution in [2.75, 3.05) is 0 Å². The smallest absolute Gasteiger partial charge is 0.133 e. The normalized spacial score (nSPS) is 11.9. The molecule has 0 N–H and O–H groups in total. The molecule has 0 fully saturated rings. The Labute approximate surface area is 94.3 Å². The molecule has 0 aliphatic rings. The van der Waals surface area contributed by atoms with Crippen LogP contribution in [0.1, 0.15) is 52.9 Å². The zero-order chi connectivity index (χ0) is 11.7. The van der Waals surface area contributed by atoms with Gasteiger partial charge in [-0.15, -0.1) is 6.58 Å². The van der Waals surface area contributed by atoms with Crippen molar-refractivity contribution in [1.82, 2.24) is 0 Å². The summed E-state index contributed by atoms with van der Waals surface area (Å²) in [6.45, 7) is 9.88. The van der Waals surface area contributed by atoms with E-state index in [9.17, 15) is 4.79 Å². The number of carbonyl (C=O) groups excluding carboxylic acids is 1. The molecule has 0 rings (SSSR count). The molecule has 1 nitrogen and oxygen atoms in total. The lowest BCUT2D eigenvalue weighted by Gasteiger charge is -2.18. The van der Waals surface area contributed by atoms with Gasteiger partial charge in [0, 0.05) is 6.42 Å². The maximum Gasteiger partial charge on any atom is 0.133 e.